The van der Waals surface area contributed by atoms with E-state index in [1.54, 1.807) is 35.8 Å². The largest absolute Gasteiger partial charge is 0.466 e. The van der Waals surface area contributed by atoms with Crippen LogP contribution in [0.25, 0.3) is 0 Å². The Morgan fingerprint density at radius 3 is 1.18 bits per heavy atom. The molecular weight excluding hydrogens is 1760 g/mol. The van der Waals surface area contributed by atoms with E-state index in [-0.39, 0.29) is 144 Å². The van der Waals surface area contributed by atoms with E-state index in [1.165, 1.54) is 20.8 Å². The van der Waals surface area contributed by atoms with Gasteiger partial charge in [-0.25, -0.2) is 4.79 Å². The van der Waals surface area contributed by atoms with Crippen molar-refractivity contribution in [3.8, 4) is 0 Å². The third-order valence-corrected chi connectivity index (χ3v) is 26.1. The highest BCUT2D eigenvalue weighted by atomic mass is 33.1. The topological polar surface area (TPSA) is 564 Å². The van der Waals surface area contributed by atoms with Crippen LogP contribution in [0.5, 0.6) is 0 Å². The van der Waals surface area contributed by atoms with Gasteiger partial charge in [0.25, 0.3) is 0 Å². The molecule has 4 rings (SSSR count). The third kappa shape index (κ3) is 49.6. The van der Waals surface area contributed by atoms with Crippen molar-refractivity contribution in [1.29, 1.82) is 0 Å². The molecule has 15 unspecified atom stereocenters. The fourth-order valence-electron chi connectivity index (χ4n) is 16.3. The summed E-state index contributed by atoms with van der Waals surface area (Å²) in [7, 11) is 6.40. The van der Waals surface area contributed by atoms with E-state index in [0.29, 0.717) is 186 Å². The number of unbranched alkanes of at least 4 members (excludes halogenated alkanes) is 13. The number of methoxy groups -OCH3 is 2. The fraction of sp³-hybridized carbons (Fsp3) is 0.867. The maximum absolute atomic E-state index is 14.3. The predicted octanol–water partition coefficient (Wildman–Crippen LogP) is 4.07. The minimum atomic E-state index is -1.45. The van der Waals surface area contributed by atoms with E-state index in [0.717, 1.165) is 64.2 Å². The Morgan fingerprint density at radius 2 is 0.756 bits per heavy atom. The van der Waals surface area contributed by atoms with Crippen molar-refractivity contribution >= 4 is 92.4 Å². The van der Waals surface area contributed by atoms with Gasteiger partial charge in [0, 0.05) is 143 Å². The van der Waals surface area contributed by atoms with Gasteiger partial charge < -0.3 is 135 Å². The third-order valence-electron chi connectivity index (χ3n) is 23.6. The number of Topliss-reactive ketones (excluding diaryl/α,β-unsaturated/α-hetero) is 3. The number of nitrogens with zero attached hydrogens (tertiary/aromatic N) is 1. The van der Waals surface area contributed by atoms with Crippen LogP contribution in [0, 0.1) is 5.41 Å². The summed E-state index contributed by atoms with van der Waals surface area (Å²) >= 11 is 0. The minimum Gasteiger partial charge on any atom is -0.466 e. The lowest BCUT2D eigenvalue weighted by molar-refractivity contribution is -0.270. The first kappa shape index (κ1) is 117. The summed E-state index contributed by atoms with van der Waals surface area (Å²) < 4.78 is 62.0. The number of ketones is 3. The molecule has 756 valence electrons. The number of amides is 7. The summed E-state index contributed by atoms with van der Waals surface area (Å²) in [6, 6.07) is -3.29. The van der Waals surface area contributed by atoms with E-state index in [4.69, 9.17) is 52.1 Å². The molecule has 0 aromatic heterocycles. The summed E-state index contributed by atoms with van der Waals surface area (Å²) in [5.41, 5.74) is -0.680. The number of carbonyl (C=O) groups is 12. The quantitative estimate of drug-likeness (QED) is 0.0177. The number of esters is 2. The van der Waals surface area contributed by atoms with Crippen LogP contribution in [0.1, 0.15) is 271 Å². The first-order valence-corrected chi connectivity index (χ1v) is 49.9. The Labute approximate surface area is 779 Å². The standard InChI is InChI=1S/C90H157N7O32S2/c1-61(101)94-77-83(115)80(112)69(57-98)127-86(77)123-46-23-32-65(104)30-15-9-6-14-22-45-93-89(118)126-51-29-42-90(55-67(106)39-53-131-130-52-26-33-66(105)31-18-19-36-74(109)97-56-68(120-5)54-64(97)60-119-4,40-27-49-121-75(110)37-16-10-7-12-20-43-91-72(107)34-24-47-124-87-78(95-62(2)102)84(116)81(113)70(58-99)128-87)41-28-50-122-76(111)38-17-11-8-13-21-44-92-73(108)35-25-48-125-88-79(96-63(3)103)85(117)82(114)71(59-100)129-88/h64,68-71,77-88,98-100,112-117H,6-60H2,1-5H3,(H,91,107)(H,92,108)(H,93,118)(H,94,101)(H,95,102)(H,96,103)/t64-,68+,69?,70?,71?,77?,78?,79?,80?,81?,82?,83?,84?,85?,86?,87?,88?,90?/m1/s1. The molecule has 7 amide bonds. The lowest BCUT2D eigenvalue weighted by Gasteiger charge is -2.42. The molecule has 0 aliphatic carbocycles. The van der Waals surface area contributed by atoms with Crippen LogP contribution in [0.15, 0.2) is 0 Å². The van der Waals surface area contributed by atoms with Gasteiger partial charge in [-0.2, -0.15) is 0 Å². The molecule has 4 aliphatic rings. The highest BCUT2D eigenvalue weighted by molar-refractivity contribution is 8.76. The molecule has 0 aromatic carbocycles. The molecule has 15 N–H and O–H groups in total. The lowest BCUT2D eigenvalue weighted by Crippen LogP contribution is -2.64. The van der Waals surface area contributed by atoms with Gasteiger partial charge in [-0.1, -0.05) is 79.4 Å². The molecule has 39 nitrogen and oxygen atoms in total. The van der Waals surface area contributed by atoms with E-state index >= 15 is 0 Å². The maximum Gasteiger partial charge on any atom is 0.407 e. The van der Waals surface area contributed by atoms with Gasteiger partial charge in [-0.15, -0.1) is 0 Å². The van der Waals surface area contributed by atoms with Gasteiger partial charge in [0.15, 0.2) is 18.9 Å². The Hall–Kier alpha value is -5.94. The Bertz CT molecular complexity index is 3020. The average Bonchev–Trinajstić information content (AvgIpc) is 1.63. The Morgan fingerprint density at radius 1 is 0.389 bits per heavy atom. The highest BCUT2D eigenvalue weighted by Gasteiger charge is 2.48. The molecular formula is C90H157N7O32S2. The number of carbonyl (C=O) groups excluding carboxylic acids is 12. The van der Waals surface area contributed by atoms with E-state index in [1.807, 2.05) is 4.90 Å². The van der Waals surface area contributed by atoms with E-state index < -0.39 is 141 Å². The second kappa shape index (κ2) is 69.8. The Kier molecular flexibility index (Phi) is 62.5. The number of nitrogens with one attached hydrogen (secondary N) is 6. The first-order valence-electron chi connectivity index (χ1n) is 47.4. The van der Waals surface area contributed by atoms with Crippen LogP contribution in [0.2, 0.25) is 0 Å². The van der Waals surface area contributed by atoms with Gasteiger partial charge in [-0.05, 0) is 127 Å². The zero-order valence-corrected chi connectivity index (χ0v) is 79.5. The summed E-state index contributed by atoms with van der Waals surface area (Å²) in [6.45, 7) is 4.51. The van der Waals surface area contributed by atoms with Gasteiger partial charge in [-0.3, -0.25) is 52.7 Å². The Balaban J connectivity index is 1.28. The lowest BCUT2D eigenvalue weighted by atomic mass is 9.71. The molecule has 0 bridgehead atoms. The van der Waals surface area contributed by atoms with Crippen LogP contribution >= 0.6 is 21.6 Å². The maximum atomic E-state index is 14.3. The van der Waals surface area contributed by atoms with Crippen LogP contribution in [-0.2, 0) is 105 Å². The SMILES string of the molecule is COC[C@H]1C[C@H](OC)CN1C(=O)CCCCC(=O)CCCSSCCC(=O)CC(CCCOC(=O)CCCCCCCNC(=O)CCCOC1OC(CO)C(O)C(O)C1NC(C)=O)(CCCOC(=O)CCCCCCCNC(=O)CCCOC1OC(CO)C(O)C(O)C1NC(C)=O)CCCOC(=O)NCCCCCCCC(=O)CCCOC1OC(CO)C(O)C(O)C1NC(C)=O. The molecule has 4 fully saturated rings. The molecule has 0 radical (unpaired) electrons. The normalized spacial score (nSPS) is 24.1. The van der Waals surface area contributed by atoms with Crippen LogP contribution < -0.4 is 31.9 Å². The molecule has 17 atom stereocenters. The number of likely N-dealkylation sites (tertiary alicyclic amines) is 1. The van der Waals surface area contributed by atoms with Crippen molar-refractivity contribution in [2.24, 2.45) is 5.41 Å². The van der Waals surface area contributed by atoms with E-state index in [9.17, 15) is 103 Å². The van der Waals surface area contributed by atoms with Crippen molar-refractivity contribution in [2.75, 3.05) is 118 Å². The van der Waals surface area contributed by atoms with Gasteiger partial charge >= 0.3 is 18.0 Å². The van der Waals surface area contributed by atoms with Crippen molar-refractivity contribution < 1.29 is 156 Å². The van der Waals surface area contributed by atoms with Gasteiger partial charge in [0.2, 0.25) is 35.4 Å². The van der Waals surface area contributed by atoms with Gasteiger partial charge in [0.1, 0.15) is 90.4 Å². The molecule has 41 heteroatoms. The molecule has 4 saturated heterocycles. The summed E-state index contributed by atoms with van der Waals surface area (Å²) in [4.78, 5) is 155. The zero-order chi connectivity index (χ0) is 96.1. The summed E-state index contributed by atoms with van der Waals surface area (Å²) in [6.07, 6.45) is 3.72. The van der Waals surface area contributed by atoms with Gasteiger partial charge in [0.05, 0.1) is 78.2 Å². The second-order valence-electron chi connectivity index (χ2n) is 34.5. The number of aliphatic hydroxyl groups excluding tert-OH is 9. The molecule has 0 aromatic rings. The molecule has 131 heavy (non-hydrogen) atoms. The summed E-state index contributed by atoms with van der Waals surface area (Å²) in [5.74, 6) is -1.15. The van der Waals surface area contributed by atoms with Crippen molar-refractivity contribution in [3.63, 3.8) is 0 Å². The number of hydrogen-bond acceptors (Lipinski definition) is 34. The van der Waals surface area contributed by atoms with Crippen LogP contribution in [0.3, 0.4) is 0 Å². The number of aliphatic hydroxyl groups is 9. The second-order valence-corrected chi connectivity index (χ2v) is 37.2. The monoisotopic (exact) mass is 1910 g/mol. The molecule has 0 spiro atoms. The molecule has 4 aliphatic heterocycles. The van der Waals surface area contributed by atoms with Crippen molar-refractivity contribution in [1.82, 2.24) is 36.8 Å². The molecule has 0 saturated carbocycles. The zero-order valence-electron chi connectivity index (χ0n) is 77.9. The fourth-order valence-corrected chi connectivity index (χ4v) is 18.5. The number of alkyl carbamates (subject to hydrolysis) is 1. The smallest absolute Gasteiger partial charge is 0.407 e. The van der Waals surface area contributed by atoms with Crippen molar-refractivity contribution in [2.45, 2.75) is 375 Å². The number of hydrogen-bond donors (Lipinski definition) is 15. The highest BCUT2D eigenvalue weighted by Crippen LogP contribution is 2.41. The predicted molar refractivity (Wildman–Crippen MR) is 482 cm³/mol. The van der Waals surface area contributed by atoms with Crippen molar-refractivity contribution in [3.05, 3.63) is 0 Å². The first-order chi connectivity index (χ1) is 63.0. The number of ether oxygens (including phenoxy) is 11. The molecule has 4 heterocycles. The number of rotatable bonds is 75. The van der Waals surface area contributed by atoms with E-state index in [2.05, 4.69) is 31.9 Å². The average molecular weight is 1910 g/mol. The van der Waals surface area contributed by atoms with Crippen LogP contribution in [0.4, 0.5) is 4.79 Å². The van der Waals surface area contributed by atoms with Crippen LogP contribution in [-0.4, -0.2) is 344 Å². The summed E-state index contributed by atoms with van der Waals surface area (Å²) in [5, 5.41) is 107. The minimum absolute atomic E-state index is 0.00947.